The summed E-state index contributed by atoms with van der Waals surface area (Å²) in [4.78, 5) is 0. The second kappa shape index (κ2) is 4.37. The molecule has 0 heterocycles. The molecule has 1 aromatic carbocycles. The number of aliphatic hydroxyl groups excluding tert-OH is 1. The number of aliphatic hydroxyl groups is 1. The number of anilines is 1. The topological polar surface area (TPSA) is 32.3 Å². The van der Waals surface area contributed by atoms with Crippen LogP contribution in [0, 0.1) is 11.6 Å². The second-order valence-electron chi connectivity index (χ2n) is 3.36. The fourth-order valence-electron chi connectivity index (χ4n) is 1.13. The van der Waals surface area contributed by atoms with E-state index < -0.39 is 18.2 Å². The molecule has 2 N–H and O–H groups in total. The predicted molar refractivity (Wildman–Crippen MR) is 51.0 cm³/mol. The number of hydrogen-bond donors (Lipinski definition) is 2. The van der Waals surface area contributed by atoms with Gasteiger partial charge < -0.3 is 10.4 Å². The molecular weight excluding hydrogens is 188 g/mol. The first-order valence-electron chi connectivity index (χ1n) is 4.40. The maximum absolute atomic E-state index is 13.3. The molecule has 0 atom stereocenters. The van der Waals surface area contributed by atoms with Gasteiger partial charge in [-0.2, -0.15) is 0 Å². The maximum atomic E-state index is 13.3. The quantitative estimate of drug-likeness (QED) is 0.786. The van der Waals surface area contributed by atoms with Crippen molar-refractivity contribution in [1.82, 2.24) is 0 Å². The minimum atomic E-state index is -0.988. The number of benzene rings is 1. The number of hydrogen-bond acceptors (Lipinski definition) is 2. The lowest BCUT2D eigenvalue weighted by atomic mass is 10.2. The van der Waals surface area contributed by atoms with Crippen LogP contribution in [0.1, 0.15) is 19.4 Å². The van der Waals surface area contributed by atoms with Crippen LogP contribution >= 0.6 is 0 Å². The first-order chi connectivity index (χ1) is 6.56. The highest BCUT2D eigenvalue weighted by Gasteiger charge is 2.12. The lowest BCUT2D eigenvalue weighted by Gasteiger charge is -2.12. The minimum Gasteiger partial charge on any atom is -0.392 e. The van der Waals surface area contributed by atoms with Gasteiger partial charge in [0.05, 0.1) is 12.3 Å². The van der Waals surface area contributed by atoms with Gasteiger partial charge in [0.15, 0.2) is 11.6 Å². The third kappa shape index (κ3) is 2.20. The van der Waals surface area contributed by atoms with E-state index in [1.165, 1.54) is 12.1 Å². The van der Waals surface area contributed by atoms with Gasteiger partial charge in [-0.15, -0.1) is 0 Å². The zero-order valence-electron chi connectivity index (χ0n) is 8.14. The third-order valence-corrected chi connectivity index (χ3v) is 1.78. The lowest BCUT2D eigenvalue weighted by Crippen LogP contribution is -2.12. The van der Waals surface area contributed by atoms with E-state index in [1.54, 1.807) is 0 Å². The second-order valence-corrected chi connectivity index (χ2v) is 3.36. The van der Waals surface area contributed by atoms with Crippen LogP contribution in [0.3, 0.4) is 0 Å². The molecule has 4 heteroatoms. The SMILES string of the molecule is CC(C)Nc1ccc(CO)c(F)c1F. The normalized spacial score (nSPS) is 10.7. The largest absolute Gasteiger partial charge is 0.392 e. The molecule has 0 spiro atoms. The zero-order chi connectivity index (χ0) is 10.7. The van der Waals surface area contributed by atoms with Gasteiger partial charge in [-0.3, -0.25) is 0 Å². The van der Waals surface area contributed by atoms with E-state index in [9.17, 15) is 8.78 Å². The monoisotopic (exact) mass is 201 g/mol. The van der Waals surface area contributed by atoms with Crippen LogP contribution in [0.4, 0.5) is 14.5 Å². The summed E-state index contributed by atoms with van der Waals surface area (Å²) >= 11 is 0. The van der Waals surface area contributed by atoms with Crippen molar-refractivity contribution in [1.29, 1.82) is 0 Å². The highest BCUT2D eigenvalue weighted by Crippen LogP contribution is 2.21. The van der Waals surface area contributed by atoms with E-state index in [1.807, 2.05) is 13.8 Å². The average Bonchev–Trinajstić information content (AvgIpc) is 2.13. The molecule has 0 radical (unpaired) electrons. The van der Waals surface area contributed by atoms with Crippen molar-refractivity contribution in [2.45, 2.75) is 26.5 Å². The van der Waals surface area contributed by atoms with Crippen LogP contribution in [0.5, 0.6) is 0 Å². The summed E-state index contributed by atoms with van der Waals surface area (Å²) < 4.78 is 26.4. The average molecular weight is 201 g/mol. The predicted octanol–water partition coefficient (Wildman–Crippen LogP) is 2.28. The highest BCUT2D eigenvalue weighted by atomic mass is 19.2. The van der Waals surface area contributed by atoms with Gasteiger partial charge in [-0.05, 0) is 19.9 Å². The van der Waals surface area contributed by atoms with Crippen molar-refractivity contribution >= 4 is 5.69 Å². The molecule has 0 unspecified atom stereocenters. The first-order valence-corrected chi connectivity index (χ1v) is 4.40. The molecule has 0 saturated carbocycles. The van der Waals surface area contributed by atoms with Crippen LogP contribution in [0.2, 0.25) is 0 Å². The van der Waals surface area contributed by atoms with Gasteiger partial charge in [0, 0.05) is 11.6 Å². The Labute approximate surface area is 81.6 Å². The summed E-state index contributed by atoms with van der Waals surface area (Å²) in [5, 5.41) is 11.5. The molecule has 78 valence electrons. The molecule has 0 aliphatic rings. The Balaban J connectivity index is 3.04. The molecule has 0 aliphatic heterocycles. The Hall–Kier alpha value is -1.16. The molecular formula is C10H13F2NO. The third-order valence-electron chi connectivity index (χ3n) is 1.78. The number of nitrogens with one attached hydrogen (secondary N) is 1. The molecule has 14 heavy (non-hydrogen) atoms. The van der Waals surface area contributed by atoms with E-state index in [2.05, 4.69) is 5.32 Å². The Morgan fingerprint density at radius 1 is 1.29 bits per heavy atom. The van der Waals surface area contributed by atoms with Gasteiger partial charge in [0.25, 0.3) is 0 Å². The molecule has 0 aromatic heterocycles. The summed E-state index contributed by atoms with van der Waals surface area (Å²) in [6, 6.07) is 2.82. The van der Waals surface area contributed by atoms with E-state index in [4.69, 9.17) is 5.11 Å². The van der Waals surface area contributed by atoms with Crippen molar-refractivity contribution < 1.29 is 13.9 Å². The molecule has 1 rings (SSSR count). The van der Waals surface area contributed by atoms with Crippen molar-refractivity contribution in [3.63, 3.8) is 0 Å². The van der Waals surface area contributed by atoms with E-state index in [0.29, 0.717) is 0 Å². The molecule has 0 amide bonds. The van der Waals surface area contributed by atoms with E-state index >= 15 is 0 Å². The first kappa shape index (κ1) is 10.9. The van der Waals surface area contributed by atoms with Gasteiger partial charge in [-0.1, -0.05) is 6.07 Å². The van der Waals surface area contributed by atoms with Crippen molar-refractivity contribution in [2.24, 2.45) is 0 Å². The maximum Gasteiger partial charge on any atom is 0.182 e. The summed E-state index contributed by atoms with van der Waals surface area (Å²) in [5.41, 5.74) is 0.0894. The van der Waals surface area contributed by atoms with Crippen molar-refractivity contribution in [3.05, 3.63) is 29.3 Å². The molecule has 0 saturated heterocycles. The fraction of sp³-hybridized carbons (Fsp3) is 0.400. The van der Waals surface area contributed by atoms with Crippen LogP contribution < -0.4 is 5.32 Å². The summed E-state index contributed by atoms with van der Waals surface area (Å²) in [6.45, 7) is 3.17. The number of rotatable bonds is 3. The van der Waals surface area contributed by atoms with E-state index in [0.717, 1.165) is 0 Å². The summed E-state index contributed by atoms with van der Waals surface area (Å²) in [6.07, 6.45) is 0. The lowest BCUT2D eigenvalue weighted by molar-refractivity contribution is 0.273. The van der Waals surface area contributed by atoms with Gasteiger partial charge >= 0.3 is 0 Å². The van der Waals surface area contributed by atoms with Crippen molar-refractivity contribution in [2.75, 3.05) is 5.32 Å². The Kier molecular flexibility index (Phi) is 3.41. The summed E-state index contributed by atoms with van der Waals surface area (Å²) in [7, 11) is 0. The zero-order valence-corrected chi connectivity index (χ0v) is 8.14. The van der Waals surface area contributed by atoms with Gasteiger partial charge in [0.1, 0.15) is 0 Å². The molecule has 0 bridgehead atoms. The van der Waals surface area contributed by atoms with Crippen LogP contribution in [0.15, 0.2) is 12.1 Å². The van der Waals surface area contributed by atoms with Crippen LogP contribution in [-0.4, -0.2) is 11.1 Å². The van der Waals surface area contributed by atoms with Gasteiger partial charge in [-0.25, -0.2) is 8.78 Å². The molecule has 1 aromatic rings. The number of halogens is 2. The molecule has 0 fully saturated rings. The highest BCUT2D eigenvalue weighted by molar-refractivity contribution is 5.47. The molecule has 2 nitrogen and oxygen atoms in total. The van der Waals surface area contributed by atoms with E-state index in [-0.39, 0.29) is 17.3 Å². The summed E-state index contributed by atoms with van der Waals surface area (Å²) in [5.74, 6) is -1.93. The van der Waals surface area contributed by atoms with Gasteiger partial charge in [0.2, 0.25) is 0 Å². The standard InChI is InChI=1S/C10H13F2NO/c1-6(2)13-8-4-3-7(5-14)9(11)10(8)12/h3-4,6,13-14H,5H2,1-2H3. The fourth-order valence-corrected chi connectivity index (χ4v) is 1.13. The molecule has 0 aliphatic carbocycles. The van der Waals surface area contributed by atoms with Crippen LogP contribution in [0.25, 0.3) is 0 Å². The smallest absolute Gasteiger partial charge is 0.182 e. The van der Waals surface area contributed by atoms with Crippen molar-refractivity contribution in [3.8, 4) is 0 Å². The van der Waals surface area contributed by atoms with Crippen LogP contribution in [-0.2, 0) is 6.61 Å². The Bertz CT molecular complexity index is 326. The Morgan fingerprint density at radius 2 is 1.93 bits per heavy atom. The minimum absolute atomic E-state index is 0.0307. The Morgan fingerprint density at radius 3 is 2.43 bits per heavy atom.